The Morgan fingerprint density at radius 1 is 0.442 bits per heavy atom. The van der Waals surface area contributed by atoms with Crippen molar-refractivity contribution in [2.45, 2.75) is 155 Å². The SMILES string of the molecule is CCCCCCCCCCN(C)CCCC(=O)COCc1ccc(-c2ccc(COCC(=O)CCCN(C)CCCCCCCCCC)cc2)cc1. The molecule has 294 valence electrons. The van der Waals surface area contributed by atoms with Gasteiger partial charge in [-0.05, 0) is 88.2 Å². The van der Waals surface area contributed by atoms with E-state index in [2.05, 4.69) is 86.3 Å². The lowest BCUT2D eigenvalue weighted by Crippen LogP contribution is -2.22. The molecule has 0 amide bonds. The fourth-order valence-corrected chi connectivity index (χ4v) is 6.64. The zero-order valence-electron chi connectivity index (χ0n) is 33.9. The molecule has 0 aliphatic carbocycles. The third-order valence-corrected chi connectivity index (χ3v) is 10.1. The van der Waals surface area contributed by atoms with Crippen LogP contribution in [0, 0.1) is 0 Å². The number of ketones is 2. The highest BCUT2D eigenvalue weighted by Gasteiger charge is 2.07. The number of hydrogen-bond acceptors (Lipinski definition) is 6. The van der Waals surface area contributed by atoms with Crippen LogP contribution < -0.4 is 0 Å². The van der Waals surface area contributed by atoms with Crippen molar-refractivity contribution in [3.63, 3.8) is 0 Å². The summed E-state index contributed by atoms with van der Waals surface area (Å²) < 4.78 is 11.5. The molecular formula is C46H76N2O4. The molecule has 0 atom stereocenters. The third-order valence-electron chi connectivity index (χ3n) is 10.1. The average molecular weight is 721 g/mol. The Hall–Kier alpha value is -2.38. The number of benzene rings is 2. The van der Waals surface area contributed by atoms with Crippen LogP contribution in [0.3, 0.4) is 0 Å². The molecule has 2 aromatic carbocycles. The molecule has 6 nitrogen and oxygen atoms in total. The van der Waals surface area contributed by atoms with Gasteiger partial charge in [0, 0.05) is 12.8 Å². The maximum absolute atomic E-state index is 12.4. The zero-order valence-corrected chi connectivity index (χ0v) is 33.9. The molecule has 0 spiro atoms. The molecule has 2 rings (SSSR count). The number of ether oxygens (including phenoxy) is 2. The Kier molecular flexibility index (Phi) is 27.3. The molecule has 52 heavy (non-hydrogen) atoms. The van der Waals surface area contributed by atoms with Crippen LogP contribution in [0.25, 0.3) is 11.1 Å². The maximum Gasteiger partial charge on any atom is 0.158 e. The van der Waals surface area contributed by atoms with Crippen LogP contribution in [0.1, 0.15) is 153 Å². The summed E-state index contributed by atoms with van der Waals surface area (Å²) in [6, 6.07) is 16.7. The van der Waals surface area contributed by atoms with E-state index in [9.17, 15) is 9.59 Å². The summed E-state index contributed by atoms with van der Waals surface area (Å²) in [6.07, 6.45) is 24.4. The van der Waals surface area contributed by atoms with Crippen molar-refractivity contribution in [3.05, 3.63) is 59.7 Å². The Morgan fingerprint density at radius 2 is 0.750 bits per heavy atom. The number of rotatable bonds is 35. The molecule has 0 saturated carbocycles. The second-order valence-corrected chi connectivity index (χ2v) is 15.2. The van der Waals surface area contributed by atoms with Gasteiger partial charge in [0.15, 0.2) is 11.6 Å². The van der Waals surface area contributed by atoms with Gasteiger partial charge in [0.05, 0.1) is 13.2 Å². The highest BCUT2D eigenvalue weighted by molar-refractivity contribution is 5.80. The van der Waals surface area contributed by atoms with E-state index in [1.165, 1.54) is 103 Å². The minimum atomic E-state index is 0.176. The largest absolute Gasteiger partial charge is 0.369 e. The molecule has 0 fully saturated rings. The molecule has 0 heterocycles. The lowest BCUT2D eigenvalue weighted by Gasteiger charge is -2.16. The summed E-state index contributed by atoms with van der Waals surface area (Å²) in [7, 11) is 4.33. The molecule has 0 saturated heterocycles. The Balaban J connectivity index is 1.51. The predicted molar refractivity (Wildman–Crippen MR) is 220 cm³/mol. The standard InChI is InChI=1S/C46H76N2O4/c1-5-7-9-11-13-15-17-19-33-47(3)35-21-23-45(49)39-51-37-41-25-29-43(30-26-41)44-31-27-42(28-32-44)38-52-40-46(50)24-22-36-48(4)34-20-18-16-14-12-10-8-6-2/h25-32H,5-24,33-40H2,1-4H3. The van der Waals surface area contributed by atoms with Crippen LogP contribution in [0.4, 0.5) is 0 Å². The van der Waals surface area contributed by atoms with Crippen molar-refractivity contribution in [3.8, 4) is 11.1 Å². The molecule has 6 heteroatoms. The number of unbranched alkanes of at least 4 members (excludes halogenated alkanes) is 14. The highest BCUT2D eigenvalue weighted by atomic mass is 16.5. The first-order valence-electron chi connectivity index (χ1n) is 21.2. The fourth-order valence-electron chi connectivity index (χ4n) is 6.64. The lowest BCUT2D eigenvalue weighted by molar-refractivity contribution is -0.124. The van der Waals surface area contributed by atoms with E-state index in [1.54, 1.807) is 0 Å². The summed E-state index contributed by atoms with van der Waals surface area (Å²) in [5, 5.41) is 0. The van der Waals surface area contributed by atoms with Gasteiger partial charge in [0.25, 0.3) is 0 Å². The van der Waals surface area contributed by atoms with E-state index >= 15 is 0 Å². The molecule has 0 aliphatic rings. The van der Waals surface area contributed by atoms with E-state index in [0.29, 0.717) is 26.1 Å². The average Bonchev–Trinajstić information content (AvgIpc) is 3.14. The normalized spacial score (nSPS) is 11.6. The van der Waals surface area contributed by atoms with Crippen LogP contribution in [0.2, 0.25) is 0 Å². The third kappa shape index (κ3) is 24.0. The molecule has 0 N–H and O–H groups in total. The van der Waals surface area contributed by atoms with E-state index < -0.39 is 0 Å². The summed E-state index contributed by atoms with van der Waals surface area (Å²) >= 11 is 0. The number of carbonyl (C=O) groups is 2. The first-order valence-corrected chi connectivity index (χ1v) is 21.2. The Labute approximate surface area is 319 Å². The first kappa shape index (κ1) is 45.8. The maximum atomic E-state index is 12.4. The minimum Gasteiger partial charge on any atom is -0.369 e. The quantitative estimate of drug-likeness (QED) is 0.0661. The van der Waals surface area contributed by atoms with Gasteiger partial charge in [-0.15, -0.1) is 0 Å². The van der Waals surface area contributed by atoms with Crippen LogP contribution in [-0.2, 0) is 32.3 Å². The second kappa shape index (κ2) is 31.0. The highest BCUT2D eigenvalue weighted by Crippen LogP contribution is 2.21. The van der Waals surface area contributed by atoms with E-state index in [-0.39, 0.29) is 24.8 Å². The Morgan fingerprint density at radius 3 is 1.10 bits per heavy atom. The van der Waals surface area contributed by atoms with Gasteiger partial charge in [0.1, 0.15) is 13.2 Å². The molecule has 0 aliphatic heterocycles. The van der Waals surface area contributed by atoms with Gasteiger partial charge in [-0.2, -0.15) is 0 Å². The number of nitrogens with zero attached hydrogens (tertiary/aromatic N) is 2. The van der Waals surface area contributed by atoms with Crippen molar-refractivity contribution < 1.29 is 19.1 Å². The second-order valence-electron chi connectivity index (χ2n) is 15.2. The van der Waals surface area contributed by atoms with Gasteiger partial charge in [0.2, 0.25) is 0 Å². The molecule has 2 aromatic rings. The van der Waals surface area contributed by atoms with Crippen molar-refractivity contribution in [1.29, 1.82) is 0 Å². The van der Waals surface area contributed by atoms with E-state index in [1.807, 2.05) is 0 Å². The van der Waals surface area contributed by atoms with Gasteiger partial charge in [-0.3, -0.25) is 9.59 Å². The van der Waals surface area contributed by atoms with Crippen molar-refractivity contribution in [2.24, 2.45) is 0 Å². The van der Waals surface area contributed by atoms with Crippen LogP contribution >= 0.6 is 0 Å². The zero-order chi connectivity index (χ0) is 37.5. The van der Waals surface area contributed by atoms with Crippen molar-refractivity contribution >= 4 is 11.6 Å². The fraction of sp³-hybridized carbons (Fsp3) is 0.696. The Bertz CT molecular complexity index is 1060. The summed E-state index contributed by atoms with van der Waals surface area (Å²) in [5.74, 6) is 0.357. The van der Waals surface area contributed by atoms with Gasteiger partial charge < -0.3 is 19.3 Å². The van der Waals surface area contributed by atoms with Gasteiger partial charge in [-0.25, -0.2) is 0 Å². The molecule has 0 radical (unpaired) electrons. The van der Waals surface area contributed by atoms with Crippen molar-refractivity contribution in [1.82, 2.24) is 9.80 Å². The number of hydrogen-bond donors (Lipinski definition) is 0. The molecule has 0 unspecified atom stereocenters. The van der Waals surface area contributed by atoms with Gasteiger partial charge >= 0.3 is 0 Å². The molecular weight excluding hydrogens is 645 g/mol. The summed E-state index contributed by atoms with van der Waals surface area (Å²) in [4.78, 5) is 29.4. The summed E-state index contributed by atoms with van der Waals surface area (Å²) in [6.45, 7) is 9.94. The monoisotopic (exact) mass is 721 g/mol. The lowest BCUT2D eigenvalue weighted by atomic mass is 10.0. The van der Waals surface area contributed by atoms with Crippen LogP contribution in [0.15, 0.2) is 48.5 Å². The van der Waals surface area contributed by atoms with E-state index in [4.69, 9.17) is 9.47 Å². The minimum absolute atomic E-state index is 0.176. The predicted octanol–water partition coefficient (Wildman–Crippen LogP) is 11.2. The first-order chi connectivity index (χ1) is 25.4. The van der Waals surface area contributed by atoms with Crippen LogP contribution in [-0.4, -0.2) is 74.9 Å². The molecule has 0 bridgehead atoms. The topological polar surface area (TPSA) is 59.1 Å². The van der Waals surface area contributed by atoms with Crippen LogP contribution in [0.5, 0.6) is 0 Å². The molecule has 0 aromatic heterocycles. The number of carbonyl (C=O) groups excluding carboxylic acids is 2. The smallest absolute Gasteiger partial charge is 0.158 e. The number of Topliss-reactive ketones (excluding diaryl/α,β-unsaturated/α-hetero) is 2. The van der Waals surface area contributed by atoms with Crippen molar-refractivity contribution in [2.75, 3.05) is 53.5 Å². The van der Waals surface area contributed by atoms with Gasteiger partial charge in [-0.1, -0.05) is 152 Å². The summed E-state index contributed by atoms with van der Waals surface area (Å²) in [5.41, 5.74) is 4.38. The van der Waals surface area contributed by atoms with E-state index in [0.717, 1.165) is 61.3 Å².